The lowest BCUT2D eigenvalue weighted by Crippen LogP contribution is -2.46. The molecule has 0 spiro atoms. The van der Waals surface area contributed by atoms with E-state index in [4.69, 9.17) is 4.42 Å². The Bertz CT molecular complexity index is 725. The summed E-state index contributed by atoms with van der Waals surface area (Å²) in [5, 5.41) is 5.38. The second kappa shape index (κ2) is 10.6. The lowest BCUT2D eigenvalue weighted by Gasteiger charge is -2.34. The Morgan fingerprint density at radius 3 is 2.39 bits per heavy atom. The normalized spacial score (nSPS) is 15.3. The van der Waals surface area contributed by atoms with Gasteiger partial charge in [-0.15, -0.1) is 0 Å². The van der Waals surface area contributed by atoms with E-state index in [1.165, 1.54) is 11.8 Å². The molecule has 3 rings (SSSR count). The number of hydrogen-bond acceptors (Lipinski definition) is 5. The molecule has 0 atom stereocenters. The largest absolute Gasteiger partial charge is 0.459 e. The highest BCUT2D eigenvalue weighted by atomic mass is 16.3. The Morgan fingerprint density at radius 2 is 1.68 bits per heavy atom. The number of benzene rings is 1. The average molecular weight is 384 g/mol. The first kappa shape index (κ1) is 20.1. The van der Waals surface area contributed by atoms with E-state index < -0.39 is 0 Å². The van der Waals surface area contributed by atoms with Crippen molar-refractivity contribution in [2.24, 2.45) is 0 Å². The van der Waals surface area contributed by atoms with Crippen LogP contribution < -0.4 is 10.6 Å². The van der Waals surface area contributed by atoms with Gasteiger partial charge in [-0.1, -0.05) is 30.3 Å². The van der Waals surface area contributed by atoms with Gasteiger partial charge in [-0.05, 0) is 30.7 Å². The number of amides is 2. The van der Waals surface area contributed by atoms with Crippen molar-refractivity contribution in [2.75, 3.05) is 45.8 Å². The van der Waals surface area contributed by atoms with Gasteiger partial charge in [0.2, 0.25) is 5.91 Å². The van der Waals surface area contributed by atoms with Crippen molar-refractivity contribution in [3.63, 3.8) is 0 Å². The number of carbonyl (C=O) groups is 2. The van der Waals surface area contributed by atoms with Crippen LogP contribution in [0.4, 0.5) is 0 Å². The lowest BCUT2D eigenvalue weighted by atomic mass is 10.2. The molecule has 1 aliphatic heterocycles. The van der Waals surface area contributed by atoms with Crippen molar-refractivity contribution >= 4 is 11.8 Å². The number of carbonyl (C=O) groups excluding carboxylic acids is 2. The van der Waals surface area contributed by atoms with E-state index in [1.54, 1.807) is 12.1 Å². The summed E-state index contributed by atoms with van der Waals surface area (Å²) in [6.45, 7) is 6.80. The quantitative estimate of drug-likeness (QED) is 0.638. The number of nitrogens with one attached hydrogen (secondary N) is 2. The molecule has 2 N–H and O–H groups in total. The SMILES string of the molecule is O=C(CNC(=O)c1ccco1)NCCCN1CCN(Cc2ccccc2)CC1. The summed E-state index contributed by atoms with van der Waals surface area (Å²) < 4.78 is 4.98. The minimum absolute atomic E-state index is 0.0440. The van der Waals surface area contributed by atoms with Crippen LogP contribution in [0, 0.1) is 0 Å². The number of nitrogens with zero attached hydrogens (tertiary/aromatic N) is 2. The van der Waals surface area contributed by atoms with Crippen LogP contribution in [-0.4, -0.2) is 67.4 Å². The number of furan rings is 1. The topological polar surface area (TPSA) is 77.8 Å². The molecule has 1 aromatic heterocycles. The van der Waals surface area contributed by atoms with Crippen LogP contribution in [0.25, 0.3) is 0 Å². The molecule has 0 unspecified atom stereocenters. The summed E-state index contributed by atoms with van der Waals surface area (Å²) in [4.78, 5) is 28.4. The van der Waals surface area contributed by atoms with Gasteiger partial charge in [-0.2, -0.15) is 0 Å². The predicted molar refractivity (Wildman–Crippen MR) is 107 cm³/mol. The van der Waals surface area contributed by atoms with Crippen LogP contribution in [0.15, 0.2) is 53.1 Å². The zero-order valence-electron chi connectivity index (χ0n) is 16.1. The highest BCUT2D eigenvalue weighted by Gasteiger charge is 2.16. The van der Waals surface area contributed by atoms with E-state index in [-0.39, 0.29) is 24.1 Å². The molecular weight excluding hydrogens is 356 g/mol. The van der Waals surface area contributed by atoms with Gasteiger partial charge in [-0.3, -0.25) is 14.5 Å². The zero-order chi connectivity index (χ0) is 19.6. The first-order chi connectivity index (χ1) is 13.7. The van der Waals surface area contributed by atoms with Gasteiger partial charge in [0.15, 0.2) is 5.76 Å². The summed E-state index contributed by atoms with van der Waals surface area (Å²) in [7, 11) is 0. The summed E-state index contributed by atoms with van der Waals surface area (Å²) in [5.74, 6) is -0.361. The van der Waals surface area contributed by atoms with E-state index in [9.17, 15) is 9.59 Å². The fourth-order valence-corrected chi connectivity index (χ4v) is 3.26. The highest BCUT2D eigenvalue weighted by Crippen LogP contribution is 2.08. The molecule has 1 fully saturated rings. The number of piperazine rings is 1. The second-order valence-corrected chi connectivity index (χ2v) is 6.97. The van der Waals surface area contributed by atoms with Crippen molar-refractivity contribution in [2.45, 2.75) is 13.0 Å². The summed E-state index contributed by atoms with van der Waals surface area (Å²) in [6.07, 6.45) is 2.33. The molecular formula is C21H28N4O3. The molecule has 2 aromatic rings. The molecule has 1 aromatic carbocycles. The Morgan fingerprint density at radius 1 is 0.929 bits per heavy atom. The van der Waals surface area contributed by atoms with Crippen LogP contribution in [-0.2, 0) is 11.3 Å². The van der Waals surface area contributed by atoms with Crippen LogP contribution in [0.2, 0.25) is 0 Å². The highest BCUT2D eigenvalue weighted by molar-refractivity contribution is 5.94. The molecule has 28 heavy (non-hydrogen) atoms. The Balaban J connectivity index is 1.23. The maximum absolute atomic E-state index is 11.8. The van der Waals surface area contributed by atoms with Crippen LogP contribution in [0.5, 0.6) is 0 Å². The summed E-state index contributed by atoms with van der Waals surface area (Å²) in [6, 6.07) is 13.8. The Kier molecular flexibility index (Phi) is 7.63. The van der Waals surface area contributed by atoms with E-state index in [1.807, 2.05) is 6.07 Å². The zero-order valence-corrected chi connectivity index (χ0v) is 16.1. The monoisotopic (exact) mass is 384 g/mol. The third kappa shape index (κ3) is 6.51. The third-order valence-corrected chi connectivity index (χ3v) is 4.84. The van der Waals surface area contributed by atoms with Crippen molar-refractivity contribution in [1.82, 2.24) is 20.4 Å². The van der Waals surface area contributed by atoms with Gasteiger partial charge in [-0.25, -0.2) is 0 Å². The third-order valence-electron chi connectivity index (χ3n) is 4.84. The van der Waals surface area contributed by atoms with Crippen molar-refractivity contribution in [1.29, 1.82) is 0 Å². The molecule has 150 valence electrons. The maximum atomic E-state index is 11.8. The Hall–Kier alpha value is -2.64. The molecule has 7 heteroatoms. The van der Waals surface area contributed by atoms with E-state index >= 15 is 0 Å². The van der Waals surface area contributed by atoms with Gasteiger partial charge >= 0.3 is 0 Å². The molecule has 1 saturated heterocycles. The van der Waals surface area contributed by atoms with Gasteiger partial charge in [0.05, 0.1) is 12.8 Å². The first-order valence-corrected chi connectivity index (χ1v) is 9.78. The average Bonchev–Trinajstić information content (AvgIpc) is 3.26. The number of rotatable bonds is 9. The van der Waals surface area contributed by atoms with Crippen molar-refractivity contribution < 1.29 is 14.0 Å². The fourth-order valence-electron chi connectivity index (χ4n) is 3.26. The fraction of sp³-hybridized carbons (Fsp3) is 0.429. The summed E-state index contributed by atoms with van der Waals surface area (Å²) >= 11 is 0. The maximum Gasteiger partial charge on any atom is 0.287 e. The summed E-state index contributed by atoms with van der Waals surface area (Å²) in [5.41, 5.74) is 1.36. The molecule has 0 bridgehead atoms. The molecule has 1 aliphatic rings. The molecule has 0 radical (unpaired) electrons. The van der Waals surface area contributed by atoms with Crippen molar-refractivity contribution in [3.8, 4) is 0 Å². The van der Waals surface area contributed by atoms with Crippen LogP contribution >= 0.6 is 0 Å². The molecule has 7 nitrogen and oxygen atoms in total. The predicted octanol–water partition coefficient (Wildman–Crippen LogP) is 1.33. The smallest absolute Gasteiger partial charge is 0.287 e. The first-order valence-electron chi connectivity index (χ1n) is 9.78. The minimum atomic E-state index is -0.381. The van der Waals surface area contributed by atoms with Crippen LogP contribution in [0.1, 0.15) is 22.5 Å². The van der Waals surface area contributed by atoms with E-state index in [0.29, 0.717) is 6.54 Å². The minimum Gasteiger partial charge on any atom is -0.459 e. The van der Waals surface area contributed by atoms with E-state index in [0.717, 1.165) is 45.7 Å². The van der Waals surface area contributed by atoms with Gasteiger partial charge < -0.3 is 20.0 Å². The van der Waals surface area contributed by atoms with Crippen LogP contribution in [0.3, 0.4) is 0 Å². The van der Waals surface area contributed by atoms with Gasteiger partial charge in [0.25, 0.3) is 5.91 Å². The van der Waals surface area contributed by atoms with E-state index in [2.05, 4.69) is 44.7 Å². The number of hydrogen-bond donors (Lipinski definition) is 2. The van der Waals surface area contributed by atoms with Gasteiger partial charge in [0.1, 0.15) is 0 Å². The molecule has 2 amide bonds. The van der Waals surface area contributed by atoms with Crippen molar-refractivity contribution in [3.05, 3.63) is 60.1 Å². The molecule has 2 heterocycles. The van der Waals surface area contributed by atoms with Gasteiger partial charge in [0, 0.05) is 39.3 Å². The molecule has 0 saturated carbocycles. The Labute approximate surface area is 165 Å². The molecule has 0 aliphatic carbocycles. The lowest BCUT2D eigenvalue weighted by molar-refractivity contribution is -0.120. The standard InChI is InChI=1S/C21H28N4O3/c26-20(16-23-21(27)19-8-4-15-28-19)22-9-5-10-24-11-13-25(14-12-24)17-18-6-2-1-3-7-18/h1-4,6-8,15H,5,9-14,16-17H2,(H,22,26)(H,23,27). The second-order valence-electron chi connectivity index (χ2n) is 6.97.